The number of hydrogen-bond donors (Lipinski definition) is 1. The largest absolute Gasteiger partial charge is 0.326 e. The van der Waals surface area contributed by atoms with Crippen LogP contribution in [0.4, 0.5) is 10.1 Å². The van der Waals surface area contributed by atoms with E-state index in [1.54, 1.807) is 12.1 Å². The Labute approximate surface area is 101 Å². The van der Waals surface area contributed by atoms with Crippen molar-refractivity contribution in [1.82, 2.24) is 0 Å². The van der Waals surface area contributed by atoms with Crippen LogP contribution < -0.4 is 5.32 Å². The fourth-order valence-corrected chi connectivity index (χ4v) is 2.84. The van der Waals surface area contributed by atoms with Gasteiger partial charge in [0.25, 0.3) is 0 Å². The van der Waals surface area contributed by atoms with Gasteiger partial charge in [-0.05, 0) is 59.3 Å². The van der Waals surface area contributed by atoms with E-state index >= 15 is 0 Å². The SMILES string of the molecule is O=C(Nc1ccc(Br)c(F)c1)C12CC(C1)C2. The third-order valence-corrected chi connectivity index (χ3v) is 4.34. The summed E-state index contributed by atoms with van der Waals surface area (Å²) in [5.74, 6) is 0.472. The Morgan fingerprint density at radius 3 is 2.62 bits per heavy atom. The number of anilines is 1. The highest BCUT2D eigenvalue weighted by Crippen LogP contribution is 2.64. The lowest BCUT2D eigenvalue weighted by Crippen LogP contribution is -2.58. The van der Waals surface area contributed by atoms with Gasteiger partial charge in [-0.25, -0.2) is 4.39 Å². The maximum Gasteiger partial charge on any atom is 0.230 e. The van der Waals surface area contributed by atoms with Crippen LogP contribution in [-0.4, -0.2) is 5.91 Å². The maximum atomic E-state index is 13.2. The minimum Gasteiger partial charge on any atom is -0.326 e. The number of nitrogens with one attached hydrogen (secondary N) is 1. The van der Waals surface area contributed by atoms with Crippen molar-refractivity contribution in [2.45, 2.75) is 19.3 Å². The first-order valence-electron chi connectivity index (χ1n) is 5.36. The fourth-order valence-electron chi connectivity index (χ4n) is 2.59. The monoisotopic (exact) mass is 283 g/mol. The van der Waals surface area contributed by atoms with Gasteiger partial charge in [0.1, 0.15) is 5.82 Å². The molecular weight excluding hydrogens is 273 g/mol. The van der Waals surface area contributed by atoms with Crippen LogP contribution in [0.25, 0.3) is 0 Å². The van der Waals surface area contributed by atoms with Gasteiger partial charge in [-0.2, -0.15) is 0 Å². The van der Waals surface area contributed by atoms with Crippen molar-refractivity contribution < 1.29 is 9.18 Å². The van der Waals surface area contributed by atoms with Gasteiger partial charge in [-0.15, -0.1) is 0 Å². The van der Waals surface area contributed by atoms with Crippen molar-refractivity contribution >= 4 is 27.5 Å². The molecule has 1 aromatic carbocycles. The Bertz CT molecular complexity index is 457. The molecule has 16 heavy (non-hydrogen) atoms. The van der Waals surface area contributed by atoms with Gasteiger partial charge < -0.3 is 5.32 Å². The highest BCUT2D eigenvalue weighted by molar-refractivity contribution is 9.10. The molecule has 3 saturated carbocycles. The Kier molecular flexibility index (Phi) is 2.11. The molecule has 1 aromatic rings. The van der Waals surface area contributed by atoms with Crippen molar-refractivity contribution in [1.29, 1.82) is 0 Å². The first-order chi connectivity index (χ1) is 7.59. The van der Waals surface area contributed by atoms with E-state index in [-0.39, 0.29) is 17.1 Å². The van der Waals surface area contributed by atoms with Crippen molar-refractivity contribution in [2.75, 3.05) is 5.32 Å². The van der Waals surface area contributed by atoms with Gasteiger partial charge in [0.05, 0.1) is 9.89 Å². The molecule has 1 amide bonds. The molecular formula is C12H11BrFNO. The number of carbonyl (C=O) groups excluding carboxylic acids is 1. The highest BCUT2D eigenvalue weighted by Gasteiger charge is 2.61. The van der Waals surface area contributed by atoms with Gasteiger partial charge in [0, 0.05) is 5.69 Å². The van der Waals surface area contributed by atoms with Crippen LogP contribution in [0.15, 0.2) is 22.7 Å². The van der Waals surface area contributed by atoms with E-state index in [1.165, 1.54) is 6.07 Å². The standard InChI is InChI=1S/C12H11BrFNO/c13-9-2-1-8(3-10(9)14)15-11(16)12-4-7(5-12)6-12/h1-3,7H,4-6H2,(H,15,16). The zero-order valence-electron chi connectivity index (χ0n) is 8.59. The molecule has 0 aromatic heterocycles. The van der Waals surface area contributed by atoms with Crippen molar-refractivity contribution in [3.8, 4) is 0 Å². The molecule has 0 spiro atoms. The Balaban J connectivity index is 1.73. The molecule has 4 heteroatoms. The van der Waals surface area contributed by atoms with Gasteiger partial charge in [0.15, 0.2) is 0 Å². The molecule has 2 nitrogen and oxygen atoms in total. The zero-order valence-corrected chi connectivity index (χ0v) is 10.2. The van der Waals surface area contributed by atoms with Crippen molar-refractivity contribution in [3.05, 3.63) is 28.5 Å². The molecule has 0 heterocycles. The average molecular weight is 284 g/mol. The maximum absolute atomic E-state index is 13.2. The van der Waals surface area contributed by atoms with E-state index < -0.39 is 0 Å². The van der Waals surface area contributed by atoms with Crippen LogP contribution in [0.5, 0.6) is 0 Å². The van der Waals surface area contributed by atoms with E-state index in [0.717, 1.165) is 25.2 Å². The van der Waals surface area contributed by atoms with E-state index in [4.69, 9.17) is 0 Å². The van der Waals surface area contributed by atoms with E-state index in [1.807, 2.05) is 0 Å². The summed E-state index contributed by atoms with van der Waals surface area (Å²) in [5, 5.41) is 2.79. The Hall–Kier alpha value is -0.900. The van der Waals surface area contributed by atoms with Crippen LogP contribution in [0, 0.1) is 17.2 Å². The fraction of sp³-hybridized carbons (Fsp3) is 0.417. The molecule has 0 saturated heterocycles. The third-order valence-electron chi connectivity index (χ3n) is 3.70. The summed E-state index contributed by atoms with van der Waals surface area (Å²) >= 11 is 3.08. The molecule has 3 aliphatic rings. The first-order valence-corrected chi connectivity index (χ1v) is 6.15. The quantitative estimate of drug-likeness (QED) is 0.886. The van der Waals surface area contributed by atoms with E-state index in [9.17, 15) is 9.18 Å². The molecule has 0 aliphatic heterocycles. The van der Waals surface area contributed by atoms with E-state index in [2.05, 4.69) is 21.2 Å². The van der Waals surface area contributed by atoms with Crippen molar-refractivity contribution in [3.63, 3.8) is 0 Å². The van der Waals surface area contributed by atoms with Crippen molar-refractivity contribution in [2.24, 2.45) is 11.3 Å². The number of hydrogen-bond acceptors (Lipinski definition) is 1. The highest BCUT2D eigenvalue weighted by atomic mass is 79.9. The summed E-state index contributed by atoms with van der Waals surface area (Å²) in [6.45, 7) is 0. The lowest BCUT2D eigenvalue weighted by Gasteiger charge is -2.60. The van der Waals surface area contributed by atoms with E-state index in [0.29, 0.717) is 10.2 Å². The molecule has 84 valence electrons. The second-order valence-electron chi connectivity index (χ2n) is 4.84. The molecule has 0 atom stereocenters. The van der Waals surface area contributed by atoms with Gasteiger partial charge in [-0.1, -0.05) is 0 Å². The molecule has 2 bridgehead atoms. The van der Waals surface area contributed by atoms with Gasteiger partial charge in [-0.3, -0.25) is 4.79 Å². The minimum absolute atomic E-state index is 0.0525. The molecule has 4 rings (SSSR count). The topological polar surface area (TPSA) is 29.1 Å². The lowest BCUT2D eigenvalue weighted by atomic mass is 9.44. The first kappa shape index (κ1) is 10.3. The summed E-state index contributed by atoms with van der Waals surface area (Å²) in [6, 6.07) is 4.65. The predicted octanol–water partition coefficient (Wildman–Crippen LogP) is 3.33. The summed E-state index contributed by atoms with van der Waals surface area (Å²) in [6.07, 6.45) is 3.04. The molecule has 1 N–H and O–H groups in total. The number of benzene rings is 1. The predicted molar refractivity (Wildman–Crippen MR) is 62.5 cm³/mol. The lowest BCUT2D eigenvalue weighted by molar-refractivity contribution is -0.158. The minimum atomic E-state index is -0.351. The average Bonchev–Trinajstić information content (AvgIpc) is 2.06. The smallest absolute Gasteiger partial charge is 0.230 e. The van der Waals surface area contributed by atoms with Crippen LogP contribution in [0.3, 0.4) is 0 Å². The third kappa shape index (κ3) is 1.39. The Morgan fingerprint density at radius 1 is 1.44 bits per heavy atom. The number of carbonyl (C=O) groups is 1. The van der Waals surface area contributed by atoms with Gasteiger partial charge in [0.2, 0.25) is 5.91 Å². The zero-order chi connectivity index (χ0) is 11.3. The van der Waals surface area contributed by atoms with Gasteiger partial charge >= 0.3 is 0 Å². The van der Waals surface area contributed by atoms with Crippen LogP contribution >= 0.6 is 15.9 Å². The molecule has 3 fully saturated rings. The second kappa shape index (κ2) is 3.29. The summed E-state index contributed by atoms with van der Waals surface area (Å²) in [7, 11) is 0. The Morgan fingerprint density at radius 2 is 2.12 bits per heavy atom. The molecule has 0 unspecified atom stereocenters. The second-order valence-corrected chi connectivity index (χ2v) is 5.70. The molecule has 3 aliphatic carbocycles. The number of rotatable bonds is 2. The number of halogens is 2. The van der Waals surface area contributed by atoms with Crippen LogP contribution in [-0.2, 0) is 4.79 Å². The normalized spacial score (nSPS) is 30.2. The summed E-state index contributed by atoms with van der Waals surface area (Å²) in [5.41, 5.74) is 0.421. The van der Waals surface area contributed by atoms with Crippen LogP contribution in [0.2, 0.25) is 0 Å². The summed E-state index contributed by atoms with van der Waals surface area (Å²) < 4.78 is 13.6. The number of amides is 1. The molecule has 0 radical (unpaired) electrons. The summed E-state index contributed by atoms with van der Waals surface area (Å²) in [4.78, 5) is 11.9. The van der Waals surface area contributed by atoms with Crippen LogP contribution in [0.1, 0.15) is 19.3 Å².